The molecule has 0 saturated carbocycles. The van der Waals surface area contributed by atoms with Crippen LogP contribution in [0, 0.1) is 0 Å². The van der Waals surface area contributed by atoms with Crippen molar-refractivity contribution in [1.29, 1.82) is 0 Å². The molecule has 0 spiro atoms. The van der Waals surface area contributed by atoms with Gasteiger partial charge in [-0.3, -0.25) is 14.4 Å². The van der Waals surface area contributed by atoms with Gasteiger partial charge in [-0.15, -0.1) is 0 Å². The van der Waals surface area contributed by atoms with Gasteiger partial charge in [-0.05, 0) is 43.5 Å². The molecule has 9 heteroatoms. The third-order valence-corrected chi connectivity index (χ3v) is 7.37. The predicted molar refractivity (Wildman–Crippen MR) is 114 cm³/mol. The van der Waals surface area contributed by atoms with E-state index >= 15 is 0 Å². The largest absolute Gasteiger partial charge is 0.339 e. The number of nitrogens with one attached hydrogen (secondary N) is 1. The number of anilines is 1. The van der Waals surface area contributed by atoms with Crippen LogP contribution in [0.2, 0.25) is 0 Å². The van der Waals surface area contributed by atoms with Gasteiger partial charge in [0.05, 0.1) is 16.8 Å². The molecule has 0 atom stereocenters. The molecule has 0 aromatic heterocycles. The number of hydrogen-bond donors (Lipinski definition) is 1. The van der Waals surface area contributed by atoms with Crippen LogP contribution in [0.1, 0.15) is 46.4 Å². The predicted octanol–water partition coefficient (Wildman–Crippen LogP) is 2.49. The molecule has 0 bridgehead atoms. The summed E-state index contributed by atoms with van der Waals surface area (Å²) in [4.78, 5) is 39.6. The summed E-state index contributed by atoms with van der Waals surface area (Å²) in [6.07, 6.45) is 2.80. The van der Waals surface area contributed by atoms with E-state index in [0.29, 0.717) is 24.3 Å². The molecule has 2 heterocycles. The third kappa shape index (κ3) is 4.05. The van der Waals surface area contributed by atoms with Crippen LogP contribution in [-0.4, -0.2) is 55.0 Å². The molecule has 0 radical (unpaired) electrons. The van der Waals surface area contributed by atoms with Gasteiger partial charge in [0.25, 0.3) is 21.8 Å². The molecule has 8 nitrogen and oxygen atoms in total. The molecule has 4 rings (SSSR count). The van der Waals surface area contributed by atoms with E-state index in [9.17, 15) is 22.8 Å². The minimum Gasteiger partial charge on any atom is -0.339 e. The molecule has 2 aliphatic rings. The Morgan fingerprint density at radius 2 is 1.61 bits per heavy atom. The second-order valence-corrected chi connectivity index (χ2v) is 9.41. The van der Waals surface area contributed by atoms with Crippen LogP contribution in [0.5, 0.6) is 0 Å². The Morgan fingerprint density at radius 3 is 2.35 bits per heavy atom. The summed E-state index contributed by atoms with van der Waals surface area (Å²) in [6, 6.07) is 12.7. The lowest BCUT2D eigenvalue weighted by Crippen LogP contribution is -2.36. The number of carbonyl (C=O) groups is 3. The molecule has 0 unspecified atom stereocenters. The number of nitrogens with zero attached hydrogens (tertiary/aromatic N) is 2. The molecule has 1 N–H and O–H groups in total. The monoisotopic (exact) mass is 441 g/mol. The second-order valence-electron chi connectivity index (χ2n) is 7.58. The van der Waals surface area contributed by atoms with Gasteiger partial charge in [-0.2, -0.15) is 0 Å². The Hall–Kier alpha value is -3.20. The molecular weight excluding hydrogens is 418 g/mol. The SMILES string of the molecule is O=C(CCN1C(=O)c2ccccc2S1(=O)=O)Nc1ccccc1C(=O)N1CCCCC1. The van der Waals surface area contributed by atoms with Gasteiger partial charge in [0.2, 0.25) is 5.91 Å². The van der Waals surface area contributed by atoms with Crippen LogP contribution in [-0.2, 0) is 14.8 Å². The highest BCUT2D eigenvalue weighted by Crippen LogP contribution is 2.30. The van der Waals surface area contributed by atoms with Gasteiger partial charge in [-0.1, -0.05) is 24.3 Å². The third-order valence-electron chi connectivity index (χ3n) is 5.53. The van der Waals surface area contributed by atoms with E-state index < -0.39 is 21.8 Å². The number of hydrogen-bond acceptors (Lipinski definition) is 5. The Bertz CT molecular complexity index is 1140. The maximum Gasteiger partial charge on any atom is 0.269 e. The van der Waals surface area contributed by atoms with Crippen LogP contribution < -0.4 is 5.32 Å². The topological polar surface area (TPSA) is 104 Å². The number of benzene rings is 2. The zero-order chi connectivity index (χ0) is 22.0. The summed E-state index contributed by atoms with van der Waals surface area (Å²) >= 11 is 0. The van der Waals surface area contributed by atoms with E-state index in [2.05, 4.69) is 5.32 Å². The lowest BCUT2D eigenvalue weighted by atomic mass is 10.1. The second kappa shape index (κ2) is 8.50. The fraction of sp³-hybridized carbons (Fsp3) is 0.318. The molecule has 162 valence electrons. The average molecular weight is 442 g/mol. The van der Waals surface area contributed by atoms with Gasteiger partial charge in [0.1, 0.15) is 4.90 Å². The van der Waals surface area contributed by atoms with Crippen LogP contribution in [0.4, 0.5) is 5.69 Å². The van der Waals surface area contributed by atoms with E-state index in [1.54, 1.807) is 41.3 Å². The van der Waals surface area contributed by atoms with E-state index in [1.807, 2.05) is 0 Å². The Balaban J connectivity index is 1.44. The van der Waals surface area contributed by atoms with Crippen LogP contribution in [0.15, 0.2) is 53.4 Å². The lowest BCUT2D eigenvalue weighted by molar-refractivity contribution is -0.116. The number of likely N-dealkylation sites (tertiary alicyclic amines) is 1. The summed E-state index contributed by atoms with van der Waals surface area (Å²) in [5.41, 5.74) is 0.886. The van der Waals surface area contributed by atoms with Gasteiger partial charge < -0.3 is 10.2 Å². The highest BCUT2D eigenvalue weighted by molar-refractivity contribution is 7.90. The Labute approximate surface area is 180 Å². The van der Waals surface area contributed by atoms with Crippen molar-refractivity contribution in [3.05, 3.63) is 59.7 Å². The first-order valence-electron chi connectivity index (χ1n) is 10.2. The van der Waals surface area contributed by atoms with E-state index in [4.69, 9.17) is 0 Å². The van der Waals surface area contributed by atoms with Crippen molar-refractivity contribution in [3.8, 4) is 0 Å². The quantitative estimate of drug-likeness (QED) is 0.768. The number of piperidine rings is 1. The standard InChI is InChI=1S/C22H23N3O5S/c26-20(12-15-25-22(28)17-9-3-5-11-19(17)31(25,29)30)23-18-10-4-2-8-16(18)21(27)24-13-6-1-7-14-24/h2-5,8-11H,1,6-7,12-15H2,(H,23,26). The highest BCUT2D eigenvalue weighted by atomic mass is 32.2. The van der Waals surface area contributed by atoms with Crippen molar-refractivity contribution < 1.29 is 22.8 Å². The van der Waals surface area contributed by atoms with Crippen molar-refractivity contribution in [2.75, 3.05) is 25.0 Å². The first-order chi connectivity index (χ1) is 14.9. The number of fused-ring (bicyclic) bond motifs is 1. The lowest BCUT2D eigenvalue weighted by Gasteiger charge is -2.27. The van der Waals surface area contributed by atoms with Gasteiger partial charge in [-0.25, -0.2) is 12.7 Å². The Morgan fingerprint density at radius 1 is 0.935 bits per heavy atom. The van der Waals surface area contributed by atoms with Crippen molar-refractivity contribution >= 4 is 33.4 Å². The molecule has 2 aromatic rings. The van der Waals surface area contributed by atoms with E-state index in [0.717, 1.165) is 23.6 Å². The zero-order valence-corrected chi connectivity index (χ0v) is 17.7. The van der Waals surface area contributed by atoms with Crippen molar-refractivity contribution in [1.82, 2.24) is 9.21 Å². The molecule has 0 aliphatic carbocycles. The number of para-hydroxylation sites is 1. The molecule has 2 aromatic carbocycles. The maximum atomic E-state index is 12.9. The van der Waals surface area contributed by atoms with Crippen molar-refractivity contribution in [3.63, 3.8) is 0 Å². The van der Waals surface area contributed by atoms with Gasteiger partial charge in [0, 0.05) is 26.1 Å². The normalized spacial score (nSPS) is 17.4. The summed E-state index contributed by atoms with van der Waals surface area (Å²) in [7, 11) is -3.96. The molecule has 3 amide bonds. The fourth-order valence-electron chi connectivity index (χ4n) is 3.91. The van der Waals surface area contributed by atoms with E-state index in [1.165, 1.54) is 12.1 Å². The summed E-state index contributed by atoms with van der Waals surface area (Å²) in [5, 5.41) is 2.70. The molecular formula is C22H23N3O5S. The minimum atomic E-state index is -3.96. The van der Waals surface area contributed by atoms with Gasteiger partial charge in [0.15, 0.2) is 0 Å². The first kappa shape index (κ1) is 21.0. The van der Waals surface area contributed by atoms with E-state index in [-0.39, 0.29) is 29.3 Å². The number of rotatable bonds is 5. The number of amides is 3. The minimum absolute atomic E-state index is 0.0436. The summed E-state index contributed by atoms with van der Waals surface area (Å²) < 4.78 is 25.9. The highest BCUT2D eigenvalue weighted by Gasteiger charge is 2.40. The number of carbonyl (C=O) groups excluding carboxylic acids is 3. The first-order valence-corrected chi connectivity index (χ1v) is 11.7. The fourth-order valence-corrected chi connectivity index (χ4v) is 5.48. The van der Waals surface area contributed by atoms with Crippen LogP contribution >= 0.6 is 0 Å². The molecule has 2 aliphatic heterocycles. The van der Waals surface area contributed by atoms with Crippen molar-refractivity contribution in [2.24, 2.45) is 0 Å². The van der Waals surface area contributed by atoms with Gasteiger partial charge >= 0.3 is 0 Å². The molecule has 31 heavy (non-hydrogen) atoms. The smallest absolute Gasteiger partial charge is 0.269 e. The average Bonchev–Trinajstić information content (AvgIpc) is 2.98. The maximum absolute atomic E-state index is 12.9. The van der Waals surface area contributed by atoms with Crippen LogP contribution in [0.3, 0.4) is 0 Å². The van der Waals surface area contributed by atoms with Crippen LogP contribution in [0.25, 0.3) is 0 Å². The zero-order valence-electron chi connectivity index (χ0n) is 16.9. The number of sulfonamides is 1. The summed E-state index contributed by atoms with van der Waals surface area (Å²) in [6.45, 7) is 1.11. The van der Waals surface area contributed by atoms with Crippen molar-refractivity contribution in [2.45, 2.75) is 30.6 Å². The summed E-state index contributed by atoms with van der Waals surface area (Å²) in [5.74, 6) is -1.25. The Kier molecular flexibility index (Phi) is 5.77. The molecule has 1 fully saturated rings. The molecule has 1 saturated heterocycles.